The first-order valence-electron chi connectivity index (χ1n) is 13.4. The van der Waals surface area contributed by atoms with Crippen molar-refractivity contribution in [3.05, 3.63) is 11.6 Å². The minimum atomic E-state index is -0.284. The van der Waals surface area contributed by atoms with Gasteiger partial charge in [0.2, 0.25) is 0 Å². The lowest BCUT2D eigenvalue weighted by atomic mass is 9.49. The molecule has 0 amide bonds. The van der Waals surface area contributed by atoms with Gasteiger partial charge in [-0.05, 0) is 102 Å². The van der Waals surface area contributed by atoms with Crippen LogP contribution in [0.2, 0.25) is 0 Å². The predicted octanol–water partition coefficient (Wildman–Crippen LogP) is 5.21. The van der Waals surface area contributed by atoms with E-state index in [4.69, 9.17) is 18.9 Å². The zero-order chi connectivity index (χ0) is 23.0. The number of epoxide rings is 2. The highest BCUT2D eigenvalue weighted by Gasteiger charge is 2.72. The Morgan fingerprint density at radius 1 is 1.09 bits per heavy atom. The van der Waals surface area contributed by atoms with Crippen molar-refractivity contribution in [1.82, 2.24) is 0 Å². The smallest absolute Gasteiger partial charge is 0.306 e. The highest BCUT2D eigenvalue weighted by Crippen LogP contribution is 2.62. The van der Waals surface area contributed by atoms with Gasteiger partial charge in [-0.15, -0.1) is 0 Å². The van der Waals surface area contributed by atoms with Crippen LogP contribution in [0.1, 0.15) is 85.0 Å². The molecule has 5 saturated carbocycles. The molecule has 6 atom stereocenters. The van der Waals surface area contributed by atoms with Crippen molar-refractivity contribution in [2.75, 3.05) is 13.7 Å². The largest absolute Gasteiger partial charge is 0.460 e. The first-order chi connectivity index (χ1) is 15.7. The van der Waals surface area contributed by atoms with Gasteiger partial charge >= 0.3 is 5.97 Å². The summed E-state index contributed by atoms with van der Waals surface area (Å²) >= 11 is 0. The molecule has 7 rings (SSSR count). The highest BCUT2D eigenvalue weighted by molar-refractivity contribution is 5.70. The Hall–Kier alpha value is -0.910. The summed E-state index contributed by atoms with van der Waals surface area (Å²) < 4.78 is 24.7. The Kier molecular flexibility index (Phi) is 5.33. The van der Waals surface area contributed by atoms with Crippen LogP contribution >= 0.6 is 0 Å². The monoisotopic (exact) mass is 458 g/mol. The van der Waals surface area contributed by atoms with Gasteiger partial charge in [0.25, 0.3) is 0 Å². The number of ether oxygens (including phenoxy) is 4. The zero-order valence-electron chi connectivity index (χ0n) is 20.9. The maximum atomic E-state index is 13.3. The molecule has 0 N–H and O–H groups in total. The fraction of sp³-hybridized carbons (Fsp3) is 0.893. The summed E-state index contributed by atoms with van der Waals surface area (Å²) in [5.41, 5.74) is 1.07. The number of esters is 1. The summed E-state index contributed by atoms with van der Waals surface area (Å²) in [7, 11) is 1.76. The zero-order valence-corrected chi connectivity index (χ0v) is 20.9. The lowest BCUT2D eigenvalue weighted by molar-refractivity contribution is -0.177. The molecule has 7 fully saturated rings. The van der Waals surface area contributed by atoms with Crippen molar-refractivity contribution in [2.45, 2.75) is 114 Å². The van der Waals surface area contributed by atoms with Crippen molar-refractivity contribution in [3.8, 4) is 0 Å². The molecule has 0 aromatic rings. The van der Waals surface area contributed by atoms with Gasteiger partial charge in [-0.1, -0.05) is 11.6 Å². The molecule has 2 aliphatic heterocycles. The number of carbonyl (C=O) groups is 1. The van der Waals surface area contributed by atoms with Gasteiger partial charge < -0.3 is 18.9 Å². The van der Waals surface area contributed by atoms with Crippen LogP contribution in [0.3, 0.4) is 0 Å². The van der Waals surface area contributed by atoms with Gasteiger partial charge in [0.15, 0.2) is 0 Å². The number of hydrogen-bond acceptors (Lipinski definition) is 5. The average Bonchev–Trinajstić information content (AvgIpc) is 3.63. The molecule has 7 aliphatic rings. The third-order valence-corrected chi connectivity index (χ3v) is 10.2. The van der Waals surface area contributed by atoms with E-state index in [0.29, 0.717) is 6.42 Å². The lowest BCUT2D eigenvalue weighted by Gasteiger charge is -2.56. The van der Waals surface area contributed by atoms with E-state index in [1.54, 1.807) is 7.11 Å². The highest BCUT2D eigenvalue weighted by atomic mass is 16.6. The summed E-state index contributed by atoms with van der Waals surface area (Å²) in [4.78, 5) is 13.3. The third kappa shape index (κ3) is 3.90. The minimum absolute atomic E-state index is 0.00150. The van der Waals surface area contributed by atoms with Gasteiger partial charge in [0.05, 0.1) is 25.0 Å². The molecule has 2 heterocycles. The summed E-state index contributed by atoms with van der Waals surface area (Å²) in [6.45, 7) is 7.22. The number of hydrogen-bond donors (Lipinski definition) is 0. The molecule has 5 nitrogen and oxygen atoms in total. The van der Waals surface area contributed by atoms with Crippen molar-refractivity contribution in [2.24, 2.45) is 29.1 Å². The van der Waals surface area contributed by atoms with Crippen molar-refractivity contribution >= 4 is 5.97 Å². The maximum Gasteiger partial charge on any atom is 0.306 e. The predicted molar refractivity (Wildman–Crippen MR) is 125 cm³/mol. The number of rotatable bonds is 7. The molecular weight excluding hydrogens is 416 g/mol. The molecule has 0 radical (unpaired) electrons. The fourth-order valence-electron chi connectivity index (χ4n) is 9.09. The standard InChI is InChI=1S/C28H42O5/c1-17(2)5-6-22-26(3,33-22)25-24(30-4)21(7-8-28(25)16-31-28)32-23(29)15-27-12-18-9-19(13-27)11-20(10-18)14-27/h5,18-22,24-25H,6-16H2,1-4H3/t18?,19?,20?,21-,22-,24-,25-,26+,27?,28+/m1/s1. The van der Waals surface area contributed by atoms with E-state index in [-0.39, 0.29) is 46.8 Å². The van der Waals surface area contributed by atoms with Gasteiger partial charge in [-0.25, -0.2) is 0 Å². The van der Waals surface area contributed by atoms with Gasteiger partial charge in [-0.2, -0.15) is 0 Å². The Balaban J connectivity index is 1.14. The van der Waals surface area contributed by atoms with E-state index in [2.05, 4.69) is 26.8 Å². The van der Waals surface area contributed by atoms with Crippen LogP contribution in [0.15, 0.2) is 11.6 Å². The van der Waals surface area contributed by atoms with Crippen molar-refractivity contribution in [1.29, 1.82) is 0 Å². The first-order valence-corrected chi connectivity index (χ1v) is 13.4. The third-order valence-electron chi connectivity index (χ3n) is 10.2. The minimum Gasteiger partial charge on any atom is -0.460 e. The summed E-state index contributed by atoms with van der Waals surface area (Å²) in [5, 5.41) is 0. The van der Waals surface area contributed by atoms with Crippen LogP contribution in [-0.4, -0.2) is 49.2 Å². The van der Waals surface area contributed by atoms with E-state index in [1.807, 2.05) is 0 Å². The van der Waals surface area contributed by atoms with Gasteiger partial charge in [0, 0.05) is 7.11 Å². The molecule has 5 heteroatoms. The quantitative estimate of drug-likeness (QED) is 0.298. The Labute approximate surface area is 198 Å². The second kappa shape index (κ2) is 7.80. The molecule has 0 aromatic heterocycles. The van der Waals surface area contributed by atoms with Crippen LogP contribution in [0, 0.1) is 29.1 Å². The van der Waals surface area contributed by atoms with Crippen LogP contribution < -0.4 is 0 Å². The van der Waals surface area contributed by atoms with E-state index in [0.717, 1.165) is 43.6 Å². The second-order valence-corrected chi connectivity index (χ2v) is 13.0. The first kappa shape index (κ1) is 22.5. The molecule has 184 valence electrons. The molecular formula is C28H42O5. The topological polar surface area (TPSA) is 60.6 Å². The van der Waals surface area contributed by atoms with Crippen LogP contribution in [0.4, 0.5) is 0 Å². The number of methoxy groups -OCH3 is 1. The van der Waals surface area contributed by atoms with E-state index in [1.165, 1.54) is 44.1 Å². The SMILES string of the molecule is CO[C@@H]1[C@H](OC(=O)CC23CC4CC(CC(C4)C2)C3)CC[C@]2(CO2)[C@H]1[C@@]1(C)O[C@@H]1CC=C(C)C. The Morgan fingerprint density at radius 3 is 2.27 bits per heavy atom. The molecule has 0 unspecified atom stereocenters. The Bertz CT molecular complexity index is 789. The second-order valence-electron chi connectivity index (χ2n) is 13.0. The molecule has 0 aromatic carbocycles. The van der Waals surface area contributed by atoms with E-state index in [9.17, 15) is 4.79 Å². The number of allylic oxidation sites excluding steroid dienone is 1. The van der Waals surface area contributed by atoms with E-state index < -0.39 is 0 Å². The molecule has 2 saturated heterocycles. The van der Waals surface area contributed by atoms with Gasteiger partial charge in [-0.3, -0.25) is 4.79 Å². The van der Waals surface area contributed by atoms with Crippen LogP contribution in [-0.2, 0) is 23.7 Å². The Morgan fingerprint density at radius 2 is 1.73 bits per heavy atom. The summed E-state index contributed by atoms with van der Waals surface area (Å²) in [6.07, 6.45) is 13.2. The normalized spacial score (nSPS) is 51.5. The molecule has 1 spiro atoms. The van der Waals surface area contributed by atoms with Crippen LogP contribution in [0.5, 0.6) is 0 Å². The maximum absolute atomic E-state index is 13.3. The summed E-state index contributed by atoms with van der Waals surface area (Å²) in [5.74, 6) is 2.65. The molecule has 5 aliphatic carbocycles. The fourth-order valence-corrected chi connectivity index (χ4v) is 9.09. The lowest BCUT2D eigenvalue weighted by Crippen LogP contribution is -2.56. The van der Waals surface area contributed by atoms with Crippen molar-refractivity contribution in [3.63, 3.8) is 0 Å². The summed E-state index contributed by atoms with van der Waals surface area (Å²) in [6, 6.07) is 0. The van der Waals surface area contributed by atoms with Crippen molar-refractivity contribution < 1.29 is 23.7 Å². The molecule has 33 heavy (non-hydrogen) atoms. The average molecular weight is 459 g/mol. The van der Waals surface area contributed by atoms with Gasteiger partial charge in [0.1, 0.15) is 23.4 Å². The van der Waals surface area contributed by atoms with Crippen LogP contribution in [0.25, 0.3) is 0 Å². The number of carbonyl (C=O) groups excluding carboxylic acids is 1. The van der Waals surface area contributed by atoms with E-state index >= 15 is 0 Å². The molecule has 4 bridgehead atoms.